The zero-order valence-electron chi connectivity index (χ0n) is 18.2. The third-order valence-corrected chi connectivity index (χ3v) is 6.45. The van der Waals surface area contributed by atoms with Crippen LogP contribution in [0.4, 0.5) is 8.78 Å². The molecule has 1 saturated carbocycles. The molecule has 0 aromatic heterocycles. The molecule has 0 unspecified atom stereocenters. The average molecular weight is 431 g/mol. The highest BCUT2D eigenvalue weighted by molar-refractivity contribution is 5.96. The number of hydrogen-bond donors (Lipinski definition) is 1. The van der Waals surface area contributed by atoms with Gasteiger partial charge < -0.3 is 9.84 Å². The zero-order valence-corrected chi connectivity index (χ0v) is 18.2. The van der Waals surface area contributed by atoms with Gasteiger partial charge in [-0.15, -0.1) is 0 Å². The third kappa shape index (κ3) is 6.52. The smallest absolute Gasteiger partial charge is 0.387 e. The van der Waals surface area contributed by atoms with Gasteiger partial charge in [0.15, 0.2) is 0 Å². The van der Waals surface area contributed by atoms with Crippen LogP contribution < -0.4 is 4.74 Å². The van der Waals surface area contributed by atoms with Crippen LogP contribution >= 0.6 is 0 Å². The SMILES string of the molecule is CCCCCCC1CCC(c2ccc(-c3cc(OC(F)F)ccc3C(=O)O)cc2)CC1. The molecule has 1 fully saturated rings. The van der Waals surface area contributed by atoms with Gasteiger partial charge in [-0.1, -0.05) is 63.3 Å². The van der Waals surface area contributed by atoms with Crippen molar-refractivity contribution in [3.63, 3.8) is 0 Å². The lowest BCUT2D eigenvalue weighted by Crippen LogP contribution is -2.13. The van der Waals surface area contributed by atoms with Gasteiger partial charge in [0, 0.05) is 0 Å². The molecule has 31 heavy (non-hydrogen) atoms. The van der Waals surface area contributed by atoms with Gasteiger partial charge in [0.05, 0.1) is 5.56 Å². The summed E-state index contributed by atoms with van der Waals surface area (Å²) >= 11 is 0. The molecule has 0 amide bonds. The van der Waals surface area contributed by atoms with Gasteiger partial charge in [-0.05, 0) is 72.4 Å². The maximum Gasteiger partial charge on any atom is 0.387 e. The number of rotatable bonds is 10. The van der Waals surface area contributed by atoms with Gasteiger partial charge in [0.25, 0.3) is 0 Å². The molecule has 2 aromatic rings. The summed E-state index contributed by atoms with van der Waals surface area (Å²) in [5, 5.41) is 9.49. The largest absolute Gasteiger partial charge is 0.478 e. The van der Waals surface area contributed by atoms with Crippen molar-refractivity contribution in [3.8, 4) is 16.9 Å². The minimum atomic E-state index is -2.95. The summed E-state index contributed by atoms with van der Waals surface area (Å²) < 4.78 is 29.6. The molecule has 3 nitrogen and oxygen atoms in total. The fourth-order valence-electron chi connectivity index (χ4n) is 4.70. The van der Waals surface area contributed by atoms with Crippen molar-refractivity contribution in [1.29, 1.82) is 0 Å². The lowest BCUT2D eigenvalue weighted by atomic mass is 9.77. The van der Waals surface area contributed by atoms with Gasteiger partial charge in [-0.25, -0.2) is 4.79 Å². The van der Waals surface area contributed by atoms with E-state index in [1.807, 2.05) is 24.3 Å². The molecule has 3 rings (SSSR count). The number of carboxylic acid groups (broad SMARTS) is 1. The Morgan fingerprint density at radius 1 is 1.03 bits per heavy atom. The number of benzene rings is 2. The topological polar surface area (TPSA) is 46.5 Å². The van der Waals surface area contributed by atoms with Crippen molar-refractivity contribution in [2.24, 2.45) is 5.92 Å². The predicted octanol–water partition coefficient (Wildman–Crippen LogP) is 7.90. The van der Waals surface area contributed by atoms with Crippen LogP contribution in [0.5, 0.6) is 5.75 Å². The Bertz CT molecular complexity index is 840. The molecule has 0 saturated heterocycles. The van der Waals surface area contributed by atoms with Crippen molar-refractivity contribution >= 4 is 5.97 Å². The van der Waals surface area contributed by atoms with Gasteiger partial charge in [-0.2, -0.15) is 8.78 Å². The number of unbranched alkanes of at least 4 members (excludes halogenated alkanes) is 3. The van der Waals surface area contributed by atoms with Crippen molar-refractivity contribution in [2.45, 2.75) is 77.2 Å². The van der Waals surface area contributed by atoms with E-state index in [4.69, 9.17) is 0 Å². The van der Waals surface area contributed by atoms with E-state index < -0.39 is 12.6 Å². The molecule has 0 spiro atoms. The fourth-order valence-corrected chi connectivity index (χ4v) is 4.70. The lowest BCUT2D eigenvalue weighted by Gasteiger charge is -2.29. The molecular weight excluding hydrogens is 398 g/mol. The van der Waals surface area contributed by atoms with E-state index in [2.05, 4.69) is 11.7 Å². The molecule has 5 heteroatoms. The maximum absolute atomic E-state index is 12.6. The van der Waals surface area contributed by atoms with Crippen LogP contribution in [0.25, 0.3) is 11.1 Å². The number of hydrogen-bond acceptors (Lipinski definition) is 2. The summed E-state index contributed by atoms with van der Waals surface area (Å²) in [7, 11) is 0. The van der Waals surface area contributed by atoms with E-state index in [0.717, 1.165) is 5.92 Å². The number of alkyl halides is 2. The van der Waals surface area contributed by atoms with Crippen LogP contribution in [0.2, 0.25) is 0 Å². The molecule has 1 N–H and O–H groups in total. The summed E-state index contributed by atoms with van der Waals surface area (Å²) in [5.74, 6) is 0.243. The number of carboxylic acids is 1. The van der Waals surface area contributed by atoms with E-state index in [-0.39, 0.29) is 11.3 Å². The Labute approximate surface area is 183 Å². The number of halogens is 2. The predicted molar refractivity (Wildman–Crippen MR) is 119 cm³/mol. The first-order chi connectivity index (χ1) is 15.0. The second-order valence-corrected chi connectivity index (χ2v) is 8.58. The van der Waals surface area contributed by atoms with Gasteiger partial charge in [0.2, 0.25) is 0 Å². The highest BCUT2D eigenvalue weighted by Gasteiger charge is 2.22. The van der Waals surface area contributed by atoms with E-state index in [1.165, 1.54) is 81.5 Å². The minimum absolute atomic E-state index is 0.0451. The molecule has 0 bridgehead atoms. The molecule has 0 heterocycles. The zero-order chi connectivity index (χ0) is 22.2. The third-order valence-electron chi connectivity index (χ3n) is 6.45. The van der Waals surface area contributed by atoms with Crippen molar-refractivity contribution in [2.75, 3.05) is 0 Å². The summed E-state index contributed by atoms with van der Waals surface area (Å²) in [6, 6.07) is 11.8. The molecule has 0 atom stereocenters. The Morgan fingerprint density at radius 2 is 1.74 bits per heavy atom. The van der Waals surface area contributed by atoms with E-state index in [1.54, 1.807) is 0 Å². The first-order valence-corrected chi connectivity index (χ1v) is 11.4. The molecule has 1 aliphatic rings. The standard InChI is InChI=1S/C26H32F2O3/c1-2-3-4-5-6-18-7-9-19(10-8-18)20-11-13-21(14-12-20)24-17-22(31-26(27)28)15-16-23(24)25(29)30/h11-19,26H,2-10H2,1H3,(H,29,30). The Hall–Kier alpha value is -2.43. The summed E-state index contributed by atoms with van der Waals surface area (Å²) in [5.41, 5.74) is 2.40. The number of ether oxygens (including phenoxy) is 1. The highest BCUT2D eigenvalue weighted by Crippen LogP contribution is 2.38. The molecule has 1 aliphatic carbocycles. The van der Waals surface area contributed by atoms with Crippen molar-refractivity contribution in [3.05, 3.63) is 53.6 Å². The Balaban J connectivity index is 1.66. The number of carbonyl (C=O) groups is 1. The second kappa shape index (κ2) is 11.3. The molecule has 0 aliphatic heterocycles. The Kier molecular flexibility index (Phi) is 8.44. The fraction of sp³-hybridized carbons (Fsp3) is 0.500. The van der Waals surface area contributed by atoms with Crippen LogP contribution in [0, 0.1) is 5.92 Å². The lowest BCUT2D eigenvalue weighted by molar-refractivity contribution is -0.0498. The monoisotopic (exact) mass is 430 g/mol. The maximum atomic E-state index is 12.6. The van der Waals surface area contributed by atoms with Crippen molar-refractivity contribution < 1.29 is 23.4 Å². The van der Waals surface area contributed by atoms with E-state index in [0.29, 0.717) is 17.0 Å². The van der Waals surface area contributed by atoms with Gasteiger partial charge >= 0.3 is 12.6 Å². The van der Waals surface area contributed by atoms with Crippen LogP contribution in [0.15, 0.2) is 42.5 Å². The first-order valence-electron chi connectivity index (χ1n) is 11.4. The van der Waals surface area contributed by atoms with E-state index >= 15 is 0 Å². The molecule has 0 radical (unpaired) electrons. The van der Waals surface area contributed by atoms with Crippen LogP contribution in [-0.2, 0) is 0 Å². The second-order valence-electron chi connectivity index (χ2n) is 8.58. The normalized spacial score (nSPS) is 18.8. The molecular formula is C26H32F2O3. The van der Waals surface area contributed by atoms with Gasteiger partial charge in [-0.3, -0.25) is 0 Å². The number of aromatic carboxylic acids is 1. The Morgan fingerprint density at radius 3 is 2.35 bits per heavy atom. The summed E-state index contributed by atoms with van der Waals surface area (Å²) in [4.78, 5) is 11.6. The summed E-state index contributed by atoms with van der Waals surface area (Å²) in [6.07, 6.45) is 11.6. The first kappa shape index (κ1) is 23.2. The quantitative estimate of drug-likeness (QED) is 0.390. The molecule has 168 valence electrons. The summed E-state index contributed by atoms with van der Waals surface area (Å²) in [6.45, 7) is -0.708. The minimum Gasteiger partial charge on any atom is -0.478 e. The highest BCUT2D eigenvalue weighted by atomic mass is 19.3. The molecule has 2 aromatic carbocycles. The van der Waals surface area contributed by atoms with Crippen molar-refractivity contribution in [1.82, 2.24) is 0 Å². The van der Waals surface area contributed by atoms with Crippen LogP contribution in [0.3, 0.4) is 0 Å². The van der Waals surface area contributed by atoms with Crippen LogP contribution in [0.1, 0.15) is 86.6 Å². The average Bonchev–Trinajstić information content (AvgIpc) is 2.77. The van der Waals surface area contributed by atoms with Gasteiger partial charge in [0.1, 0.15) is 5.75 Å². The van der Waals surface area contributed by atoms with E-state index in [9.17, 15) is 18.7 Å². The van der Waals surface area contributed by atoms with Crippen LogP contribution in [-0.4, -0.2) is 17.7 Å².